The minimum absolute atomic E-state index is 0.234. The highest BCUT2D eigenvalue weighted by Gasteiger charge is 2.17. The van der Waals surface area contributed by atoms with E-state index < -0.39 is 0 Å². The molecule has 1 N–H and O–H groups in total. The highest BCUT2D eigenvalue weighted by Crippen LogP contribution is 2.14. The minimum Gasteiger partial charge on any atom is -0.303 e. The third kappa shape index (κ3) is 2.50. The molecule has 0 radical (unpaired) electrons. The monoisotopic (exact) mass is 170 g/mol. The summed E-state index contributed by atoms with van der Waals surface area (Å²) in [5.41, 5.74) is 4.45. The molecule has 0 unspecified atom stereocenters. The molecule has 0 atom stereocenters. The van der Waals surface area contributed by atoms with Crippen molar-refractivity contribution >= 4 is 0 Å². The van der Waals surface area contributed by atoms with Gasteiger partial charge >= 0.3 is 0 Å². The maximum absolute atomic E-state index is 5.46. The lowest BCUT2D eigenvalue weighted by Crippen LogP contribution is -2.33. The van der Waals surface area contributed by atoms with Crippen LogP contribution in [0.2, 0.25) is 0 Å². The lowest BCUT2D eigenvalue weighted by atomic mass is 10.1. The van der Waals surface area contributed by atoms with Crippen molar-refractivity contribution in [1.82, 2.24) is 10.6 Å². The predicted molar refractivity (Wildman–Crippen MR) is 49.0 cm³/mol. The summed E-state index contributed by atoms with van der Waals surface area (Å²) in [4.78, 5) is 5.46. The second-order valence-corrected chi connectivity index (χ2v) is 3.69. The van der Waals surface area contributed by atoms with Crippen LogP contribution in [0, 0.1) is 5.92 Å². The van der Waals surface area contributed by atoms with Gasteiger partial charge < -0.3 is 5.43 Å². The van der Waals surface area contributed by atoms with Gasteiger partial charge in [0.15, 0.2) is 0 Å². The van der Waals surface area contributed by atoms with Gasteiger partial charge in [0.1, 0.15) is 0 Å². The van der Waals surface area contributed by atoms with Gasteiger partial charge in [-0.05, 0) is 25.3 Å². The van der Waals surface area contributed by atoms with E-state index in [1.807, 2.05) is 20.0 Å². The molecule has 0 saturated carbocycles. The van der Waals surface area contributed by atoms with E-state index in [-0.39, 0.29) is 6.10 Å². The topological polar surface area (TPSA) is 24.5 Å². The molecule has 70 valence electrons. The maximum atomic E-state index is 5.46. The van der Waals surface area contributed by atoms with Crippen LogP contribution in [0.5, 0.6) is 0 Å². The molecule has 0 aliphatic carbocycles. The van der Waals surface area contributed by atoms with Crippen LogP contribution in [0.4, 0.5) is 0 Å². The van der Waals surface area contributed by atoms with E-state index in [0.717, 1.165) is 6.54 Å². The average molecular weight is 170 g/mol. The summed E-state index contributed by atoms with van der Waals surface area (Å²) in [6.07, 6.45) is 2.25. The summed E-state index contributed by atoms with van der Waals surface area (Å²) in [7, 11) is 0. The van der Waals surface area contributed by atoms with E-state index in [0.29, 0.717) is 5.92 Å². The molecular weight excluding hydrogens is 152 g/mol. The standard InChI is InChI=1S/C9H18N2O/c1-7(2)9-5-10-11(6-9)12-8(3)4/h5,7-8,10H,6H2,1-4H3. The zero-order chi connectivity index (χ0) is 9.14. The average Bonchev–Trinajstić information content (AvgIpc) is 2.34. The van der Waals surface area contributed by atoms with Gasteiger partial charge in [-0.25, -0.2) is 0 Å². The largest absolute Gasteiger partial charge is 0.303 e. The number of hydroxylamine groups is 1. The molecule has 0 fully saturated rings. The second-order valence-electron chi connectivity index (χ2n) is 3.69. The molecule has 12 heavy (non-hydrogen) atoms. The number of hydrogen-bond donors (Lipinski definition) is 1. The van der Waals surface area contributed by atoms with Crippen molar-refractivity contribution in [1.29, 1.82) is 0 Å². The van der Waals surface area contributed by atoms with Crippen LogP contribution in [0.15, 0.2) is 11.8 Å². The molecular formula is C9H18N2O. The van der Waals surface area contributed by atoms with E-state index in [4.69, 9.17) is 4.84 Å². The molecule has 0 bridgehead atoms. The maximum Gasteiger partial charge on any atom is 0.0758 e. The molecule has 1 rings (SSSR count). The van der Waals surface area contributed by atoms with Gasteiger partial charge in [0.2, 0.25) is 0 Å². The third-order valence-electron chi connectivity index (χ3n) is 1.80. The Morgan fingerprint density at radius 2 is 2.08 bits per heavy atom. The lowest BCUT2D eigenvalue weighted by Gasteiger charge is -2.18. The first-order valence-electron chi connectivity index (χ1n) is 4.49. The first-order chi connectivity index (χ1) is 5.59. The second kappa shape index (κ2) is 3.92. The van der Waals surface area contributed by atoms with Crippen molar-refractivity contribution in [2.45, 2.75) is 33.8 Å². The van der Waals surface area contributed by atoms with Crippen molar-refractivity contribution in [2.24, 2.45) is 5.92 Å². The van der Waals surface area contributed by atoms with Crippen molar-refractivity contribution in [3.05, 3.63) is 11.8 Å². The molecule has 0 aromatic carbocycles. The van der Waals surface area contributed by atoms with Crippen molar-refractivity contribution in [3.8, 4) is 0 Å². The Morgan fingerprint density at radius 3 is 2.50 bits per heavy atom. The predicted octanol–water partition coefficient (Wildman–Crippen LogP) is 1.69. The van der Waals surface area contributed by atoms with Crippen LogP contribution in [0.1, 0.15) is 27.7 Å². The molecule has 3 heteroatoms. The van der Waals surface area contributed by atoms with E-state index in [1.54, 1.807) is 5.17 Å². The molecule has 3 nitrogen and oxygen atoms in total. The van der Waals surface area contributed by atoms with Gasteiger partial charge in [-0.3, -0.25) is 4.84 Å². The number of nitrogens with zero attached hydrogens (tertiary/aromatic N) is 1. The van der Waals surface area contributed by atoms with Gasteiger partial charge in [0.05, 0.1) is 12.6 Å². The fourth-order valence-corrected chi connectivity index (χ4v) is 1.08. The van der Waals surface area contributed by atoms with Crippen LogP contribution >= 0.6 is 0 Å². The van der Waals surface area contributed by atoms with Gasteiger partial charge in [-0.2, -0.15) is 0 Å². The van der Waals surface area contributed by atoms with Crippen molar-refractivity contribution in [2.75, 3.05) is 6.54 Å². The van der Waals surface area contributed by atoms with Crippen LogP contribution in [0.25, 0.3) is 0 Å². The zero-order valence-corrected chi connectivity index (χ0v) is 8.29. The Bertz CT molecular complexity index is 175. The lowest BCUT2D eigenvalue weighted by molar-refractivity contribution is -0.200. The molecule has 1 heterocycles. The quantitative estimate of drug-likeness (QED) is 0.697. The Balaban J connectivity index is 2.32. The Labute approximate surface area is 74.3 Å². The normalized spacial score (nSPS) is 18.7. The summed E-state index contributed by atoms with van der Waals surface area (Å²) in [6.45, 7) is 9.29. The third-order valence-corrected chi connectivity index (χ3v) is 1.80. The van der Waals surface area contributed by atoms with E-state index in [1.165, 1.54) is 5.57 Å². The highest BCUT2D eigenvalue weighted by atomic mass is 16.7. The first kappa shape index (κ1) is 9.55. The SMILES string of the molecule is CC(C)ON1CC(C(C)C)=CN1. The minimum atomic E-state index is 0.234. The van der Waals surface area contributed by atoms with Gasteiger partial charge in [0, 0.05) is 6.20 Å². The molecule has 0 aromatic heterocycles. The van der Waals surface area contributed by atoms with Crippen LogP contribution in [-0.4, -0.2) is 17.8 Å². The summed E-state index contributed by atoms with van der Waals surface area (Å²) < 4.78 is 0. The van der Waals surface area contributed by atoms with Crippen LogP contribution in [-0.2, 0) is 4.84 Å². The number of hydrazine groups is 1. The fourth-order valence-electron chi connectivity index (χ4n) is 1.08. The molecule has 1 aliphatic heterocycles. The number of nitrogens with one attached hydrogen (secondary N) is 1. The molecule has 0 saturated heterocycles. The zero-order valence-electron chi connectivity index (χ0n) is 8.29. The molecule has 1 aliphatic rings. The molecule has 0 amide bonds. The Kier molecular flexibility index (Phi) is 3.12. The first-order valence-corrected chi connectivity index (χ1v) is 4.49. The van der Waals surface area contributed by atoms with Gasteiger partial charge in [0.25, 0.3) is 0 Å². The van der Waals surface area contributed by atoms with Crippen molar-refractivity contribution < 1.29 is 4.84 Å². The summed E-state index contributed by atoms with van der Waals surface area (Å²) in [5, 5.41) is 1.78. The Morgan fingerprint density at radius 1 is 1.42 bits per heavy atom. The summed E-state index contributed by atoms with van der Waals surface area (Å²) >= 11 is 0. The van der Waals surface area contributed by atoms with Crippen molar-refractivity contribution in [3.63, 3.8) is 0 Å². The van der Waals surface area contributed by atoms with E-state index in [9.17, 15) is 0 Å². The smallest absolute Gasteiger partial charge is 0.0758 e. The number of rotatable bonds is 3. The van der Waals surface area contributed by atoms with Crippen LogP contribution < -0.4 is 5.43 Å². The summed E-state index contributed by atoms with van der Waals surface area (Å²) in [6, 6.07) is 0. The summed E-state index contributed by atoms with van der Waals surface area (Å²) in [5.74, 6) is 0.596. The Hall–Kier alpha value is -0.540. The van der Waals surface area contributed by atoms with E-state index in [2.05, 4.69) is 19.3 Å². The van der Waals surface area contributed by atoms with Gasteiger partial charge in [-0.15, -0.1) is 0 Å². The highest BCUT2D eigenvalue weighted by molar-refractivity contribution is 5.08. The van der Waals surface area contributed by atoms with Gasteiger partial charge in [-0.1, -0.05) is 19.0 Å². The number of hydrogen-bond acceptors (Lipinski definition) is 3. The molecule has 0 aromatic rings. The van der Waals surface area contributed by atoms with E-state index >= 15 is 0 Å². The molecule has 0 spiro atoms. The fraction of sp³-hybridized carbons (Fsp3) is 0.778. The van der Waals surface area contributed by atoms with Crippen LogP contribution in [0.3, 0.4) is 0 Å².